The van der Waals surface area contributed by atoms with Gasteiger partial charge in [0.1, 0.15) is 0 Å². The van der Waals surface area contributed by atoms with Crippen LogP contribution in [0.2, 0.25) is 0 Å². The predicted molar refractivity (Wildman–Crippen MR) is 146 cm³/mol. The van der Waals surface area contributed by atoms with Gasteiger partial charge in [-0.1, -0.05) is 60.1 Å². The number of rotatable bonds is 1. The molecule has 0 spiro atoms. The van der Waals surface area contributed by atoms with Crippen molar-refractivity contribution < 1.29 is 19.1 Å². The maximum absolute atomic E-state index is 14.4. The van der Waals surface area contributed by atoms with Gasteiger partial charge in [0, 0.05) is 22.3 Å². The highest BCUT2D eigenvalue weighted by atomic mass is 16.5. The zero-order valence-corrected chi connectivity index (χ0v) is 24.4. The van der Waals surface area contributed by atoms with Crippen LogP contribution in [0, 0.1) is 51.4 Å². The summed E-state index contributed by atoms with van der Waals surface area (Å²) in [5, 5.41) is 3.24. The van der Waals surface area contributed by atoms with Crippen LogP contribution < -0.4 is 5.32 Å². The summed E-state index contributed by atoms with van der Waals surface area (Å²) in [5.74, 6) is -0.0728. The number of allylic oxidation sites excluding steroid dienone is 4. The number of Topliss-reactive ketones (excluding diaryl/α,β-unsaturated/α-hetero) is 1. The molecule has 0 radical (unpaired) electrons. The van der Waals surface area contributed by atoms with Gasteiger partial charge < -0.3 is 14.8 Å². The van der Waals surface area contributed by atoms with Crippen LogP contribution in [0.15, 0.2) is 23.4 Å². The second-order valence-corrected chi connectivity index (χ2v) is 15.0. The van der Waals surface area contributed by atoms with E-state index in [2.05, 4.69) is 44.8 Å². The minimum absolute atomic E-state index is 0.0236. The Bertz CT molecular complexity index is 1220. The first-order chi connectivity index (χ1) is 17.5. The summed E-state index contributed by atoms with van der Waals surface area (Å²) in [6.45, 7) is 23.1. The van der Waals surface area contributed by atoms with Crippen molar-refractivity contribution in [3.8, 4) is 0 Å². The van der Waals surface area contributed by atoms with Gasteiger partial charge in [-0.25, -0.2) is 9.64 Å². The van der Waals surface area contributed by atoms with Crippen LogP contribution in [-0.2, 0) is 14.3 Å². The van der Waals surface area contributed by atoms with Gasteiger partial charge >= 0.3 is 6.09 Å². The summed E-state index contributed by atoms with van der Waals surface area (Å²) in [4.78, 5) is 43.9. The molecule has 1 N–H and O–H groups in total. The summed E-state index contributed by atoms with van der Waals surface area (Å²) < 4.78 is 5.06. The fourth-order valence-corrected chi connectivity index (χ4v) is 10.1. The van der Waals surface area contributed by atoms with E-state index in [-0.39, 0.29) is 51.3 Å². The quantitative estimate of drug-likeness (QED) is 0.392. The third-order valence-corrected chi connectivity index (χ3v) is 12.4. The molecule has 6 heteroatoms. The molecule has 3 fully saturated rings. The summed E-state index contributed by atoms with van der Waals surface area (Å²) >= 11 is 0. The van der Waals surface area contributed by atoms with E-state index in [9.17, 15) is 14.4 Å². The zero-order valence-electron chi connectivity index (χ0n) is 24.4. The summed E-state index contributed by atoms with van der Waals surface area (Å²) in [6, 6.07) is 0. The monoisotopic (exact) mass is 520 g/mol. The van der Waals surface area contributed by atoms with E-state index in [1.165, 1.54) is 7.11 Å². The van der Waals surface area contributed by atoms with E-state index < -0.39 is 22.5 Å². The molecule has 0 unspecified atom stereocenters. The van der Waals surface area contributed by atoms with Crippen LogP contribution >= 0.6 is 0 Å². The van der Waals surface area contributed by atoms with Gasteiger partial charge in [-0.3, -0.25) is 4.79 Å². The number of carbonyl (C=O) groups is 3. The second-order valence-electron chi connectivity index (χ2n) is 15.0. The highest BCUT2D eigenvalue weighted by Crippen LogP contribution is 2.73. The van der Waals surface area contributed by atoms with Gasteiger partial charge in [0.2, 0.25) is 5.70 Å². The number of ether oxygens (including phenoxy) is 1. The molecular formula is C32H44N2O4. The molecule has 0 aromatic carbocycles. The number of hydrogen-bond acceptors (Lipinski definition) is 4. The number of hydrogen-bond donors (Lipinski definition) is 1. The zero-order chi connectivity index (χ0) is 28.1. The van der Waals surface area contributed by atoms with Crippen LogP contribution in [0.25, 0.3) is 4.85 Å². The Kier molecular flexibility index (Phi) is 5.76. The van der Waals surface area contributed by atoms with Crippen LogP contribution in [0.5, 0.6) is 0 Å². The summed E-state index contributed by atoms with van der Waals surface area (Å²) in [6.07, 6.45) is 9.56. The SMILES string of the molecule is [C-]#[N+]C1=C[C@]2(C)C3=CC(=O)[C@@H]4[C@@H]5CC(C)(C)CC[C@]5(NC(=O)OC)CC[C@@]4(C)[C@]3(C)CC[C@H]2C(C)(C)C1=O. The Morgan fingerprint density at radius 3 is 2.32 bits per heavy atom. The largest absolute Gasteiger partial charge is 0.453 e. The molecule has 1 amide bonds. The fraction of sp³-hybridized carbons (Fsp3) is 0.750. The van der Waals surface area contributed by atoms with Gasteiger partial charge in [-0.05, 0) is 79.1 Å². The first kappa shape index (κ1) is 27.2. The normalized spacial score (nSPS) is 44.7. The molecule has 0 aromatic heterocycles. The fourth-order valence-electron chi connectivity index (χ4n) is 10.1. The number of carbonyl (C=O) groups excluding carboxylic acids is 3. The van der Waals surface area contributed by atoms with Gasteiger partial charge in [-0.2, -0.15) is 0 Å². The lowest BCUT2D eigenvalue weighted by molar-refractivity contribution is -0.160. The Balaban J connectivity index is 1.68. The molecule has 7 atom stereocenters. The number of methoxy groups -OCH3 is 1. The molecule has 6 nitrogen and oxygen atoms in total. The molecule has 5 aliphatic carbocycles. The van der Waals surface area contributed by atoms with E-state index in [0.29, 0.717) is 0 Å². The third-order valence-electron chi connectivity index (χ3n) is 12.4. The molecule has 3 saturated carbocycles. The maximum atomic E-state index is 14.4. The van der Waals surface area contributed by atoms with Crippen molar-refractivity contribution >= 4 is 17.7 Å². The average molecular weight is 521 g/mol. The Labute approximate surface area is 227 Å². The molecule has 0 aromatic rings. The second kappa shape index (κ2) is 8.05. The third kappa shape index (κ3) is 3.32. The van der Waals surface area contributed by atoms with Crippen molar-refractivity contribution in [1.29, 1.82) is 0 Å². The molecule has 5 aliphatic rings. The highest BCUT2D eigenvalue weighted by Gasteiger charge is 2.70. The Hall–Kier alpha value is -2.42. The number of nitrogens with zero attached hydrogens (tertiary/aromatic N) is 1. The van der Waals surface area contributed by atoms with Crippen molar-refractivity contribution in [3.05, 3.63) is 34.8 Å². The standard InChI is InChI=1S/C32H44N2O4/c1-27(2)12-14-32(34-26(37)38-9)15-13-31(7)24(19(32)17-27)21(35)16-23-29(5)18-20(33-8)25(36)28(3,4)22(29)10-11-30(23,31)6/h16,18-19,22,24H,10-15,17H2,1-7,9H3,(H,34,37)/t19-,22-,24-,29-,30+,31+,32-/m0/s1. The molecule has 206 valence electrons. The van der Waals surface area contributed by atoms with Gasteiger partial charge in [-0.15, -0.1) is 0 Å². The molecule has 0 heterocycles. The van der Waals surface area contributed by atoms with Crippen molar-refractivity contribution in [3.63, 3.8) is 0 Å². The lowest BCUT2D eigenvalue weighted by Crippen LogP contribution is -2.69. The number of alkyl carbamates (subject to hydrolysis) is 1. The molecule has 38 heavy (non-hydrogen) atoms. The van der Waals surface area contributed by atoms with Gasteiger partial charge in [0.15, 0.2) is 11.6 Å². The number of fused-ring (bicyclic) bond motifs is 7. The smallest absolute Gasteiger partial charge is 0.407 e. The predicted octanol–water partition coefficient (Wildman–Crippen LogP) is 6.67. The number of amides is 1. The topological polar surface area (TPSA) is 76.8 Å². The van der Waals surface area contributed by atoms with Crippen LogP contribution in [0.1, 0.15) is 93.4 Å². The first-order valence-electron chi connectivity index (χ1n) is 14.3. The lowest BCUT2D eigenvalue weighted by atomic mass is 9.35. The van der Waals surface area contributed by atoms with Crippen molar-refractivity contribution in [2.45, 2.75) is 99.0 Å². The minimum Gasteiger partial charge on any atom is -0.453 e. The van der Waals surface area contributed by atoms with E-state index in [1.54, 1.807) is 0 Å². The van der Waals surface area contributed by atoms with Crippen molar-refractivity contribution in [2.24, 2.45) is 44.8 Å². The van der Waals surface area contributed by atoms with Gasteiger partial charge in [0.25, 0.3) is 0 Å². The lowest BCUT2D eigenvalue weighted by Gasteiger charge is -2.69. The number of nitrogens with one attached hydrogen (secondary N) is 1. The molecular weight excluding hydrogens is 476 g/mol. The maximum Gasteiger partial charge on any atom is 0.407 e. The molecule has 0 saturated heterocycles. The Morgan fingerprint density at radius 1 is 1.03 bits per heavy atom. The minimum atomic E-state index is -0.661. The van der Waals surface area contributed by atoms with Crippen molar-refractivity contribution in [1.82, 2.24) is 5.32 Å². The summed E-state index contributed by atoms with van der Waals surface area (Å²) in [5.41, 5.74) is -0.783. The molecule has 5 rings (SSSR count). The van der Waals surface area contributed by atoms with E-state index in [1.807, 2.05) is 26.0 Å². The van der Waals surface area contributed by atoms with E-state index >= 15 is 0 Å². The highest BCUT2D eigenvalue weighted by molar-refractivity contribution is 6.03. The molecule has 0 aliphatic heterocycles. The summed E-state index contributed by atoms with van der Waals surface area (Å²) in [7, 11) is 1.41. The van der Waals surface area contributed by atoms with Gasteiger partial charge in [0.05, 0.1) is 13.7 Å². The van der Waals surface area contributed by atoms with Crippen LogP contribution in [0.3, 0.4) is 0 Å². The van der Waals surface area contributed by atoms with E-state index in [4.69, 9.17) is 11.3 Å². The molecule has 0 bridgehead atoms. The van der Waals surface area contributed by atoms with Crippen LogP contribution in [-0.4, -0.2) is 30.3 Å². The first-order valence-corrected chi connectivity index (χ1v) is 14.3. The van der Waals surface area contributed by atoms with E-state index in [0.717, 1.165) is 50.5 Å². The number of ketones is 2. The Morgan fingerprint density at radius 2 is 1.68 bits per heavy atom. The van der Waals surface area contributed by atoms with Crippen molar-refractivity contribution in [2.75, 3.05) is 7.11 Å². The average Bonchev–Trinajstić information content (AvgIpc) is 2.83. The van der Waals surface area contributed by atoms with Crippen LogP contribution in [0.4, 0.5) is 4.79 Å².